The Morgan fingerprint density at radius 2 is 1.97 bits per heavy atom. The Kier molecular flexibility index (Phi) is 6.81. The van der Waals surface area contributed by atoms with Crippen molar-refractivity contribution in [2.24, 2.45) is 5.73 Å². The summed E-state index contributed by atoms with van der Waals surface area (Å²) < 4.78 is 6.42. The van der Waals surface area contributed by atoms with Gasteiger partial charge in [0.15, 0.2) is 6.61 Å². The van der Waals surface area contributed by atoms with Gasteiger partial charge in [-0.15, -0.1) is 0 Å². The second-order valence-electron chi connectivity index (χ2n) is 7.47. The molecule has 1 heterocycles. The molecule has 3 rings (SSSR count). The number of hydrogen-bond acceptors (Lipinski definition) is 4. The quantitative estimate of drug-likeness (QED) is 0.571. The van der Waals surface area contributed by atoms with Gasteiger partial charge in [0, 0.05) is 20.8 Å². The zero-order valence-corrected chi connectivity index (χ0v) is 18.9. The van der Waals surface area contributed by atoms with Crippen molar-refractivity contribution in [3.63, 3.8) is 0 Å². The summed E-state index contributed by atoms with van der Waals surface area (Å²) in [7, 11) is 0. The summed E-state index contributed by atoms with van der Waals surface area (Å²) in [5.74, 6) is -0.311. The van der Waals surface area contributed by atoms with Gasteiger partial charge in [-0.3, -0.25) is 14.4 Å². The molecule has 0 saturated carbocycles. The minimum Gasteiger partial charge on any atom is -0.482 e. The number of nitrogens with two attached hydrogens (primary N) is 1. The molecule has 1 aliphatic heterocycles. The van der Waals surface area contributed by atoms with Gasteiger partial charge in [0.25, 0.3) is 11.8 Å². The summed E-state index contributed by atoms with van der Waals surface area (Å²) in [4.78, 5) is 38.9. The van der Waals surface area contributed by atoms with E-state index >= 15 is 0 Å². The van der Waals surface area contributed by atoms with Crippen LogP contribution in [0.15, 0.2) is 23.3 Å². The molecule has 0 fully saturated rings. The number of carbonyl (C=O) groups excluding carboxylic acids is 3. The van der Waals surface area contributed by atoms with E-state index in [1.54, 1.807) is 11.0 Å². The Labute approximate surface area is 184 Å². The van der Waals surface area contributed by atoms with Crippen LogP contribution in [0.5, 0.6) is 5.75 Å². The summed E-state index contributed by atoms with van der Waals surface area (Å²) in [6.07, 6.45) is 4.60. The van der Waals surface area contributed by atoms with Crippen LogP contribution in [-0.4, -0.2) is 30.4 Å². The van der Waals surface area contributed by atoms with Crippen LogP contribution in [0.2, 0.25) is 0 Å². The smallest absolute Gasteiger partial charge is 0.265 e. The molecule has 7 nitrogen and oxygen atoms in total. The number of fused-ring (bicyclic) bond motifs is 1. The van der Waals surface area contributed by atoms with E-state index in [0.29, 0.717) is 41.1 Å². The lowest BCUT2D eigenvalue weighted by molar-refractivity contribution is -0.121. The SMILES string of the molecule is CCCC(C)N1C(=O)COc2cc(I)c(NC(=O)C3=C(C(N)=O)CCCC3)cc21. The number of nitrogens with zero attached hydrogens (tertiary/aromatic N) is 1. The fourth-order valence-electron chi connectivity index (χ4n) is 3.94. The van der Waals surface area contributed by atoms with Crippen molar-refractivity contribution in [2.45, 2.75) is 58.4 Å². The second kappa shape index (κ2) is 9.15. The molecule has 1 atom stereocenters. The number of carbonyl (C=O) groups is 3. The first-order valence-corrected chi connectivity index (χ1v) is 11.0. The van der Waals surface area contributed by atoms with Crippen LogP contribution in [0.3, 0.4) is 0 Å². The van der Waals surface area contributed by atoms with Crippen LogP contribution in [0.4, 0.5) is 11.4 Å². The van der Waals surface area contributed by atoms with Gasteiger partial charge in [0.05, 0.1) is 11.4 Å². The van der Waals surface area contributed by atoms with E-state index in [1.165, 1.54) is 0 Å². The number of benzene rings is 1. The second-order valence-corrected chi connectivity index (χ2v) is 8.63. The Bertz CT molecular complexity index is 881. The summed E-state index contributed by atoms with van der Waals surface area (Å²) >= 11 is 2.13. The molecule has 8 heteroatoms. The zero-order valence-electron chi connectivity index (χ0n) is 16.7. The number of rotatable bonds is 6. The van der Waals surface area contributed by atoms with E-state index in [9.17, 15) is 14.4 Å². The molecule has 156 valence electrons. The highest BCUT2D eigenvalue weighted by Gasteiger charge is 2.31. The van der Waals surface area contributed by atoms with E-state index in [2.05, 4.69) is 34.8 Å². The minimum atomic E-state index is -0.534. The number of hydrogen-bond donors (Lipinski definition) is 2. The van der Waals surface area contributed by atoms with Gasteiger partial charge in [0.2, 0.25) is 5.91 Å². The molecule has 1 aromatic rings. The van der Waals surface area contributed by atoms with Crippen LogP contribution in [0, 0.1) is 3.57 Å². The molecule has 2 aliphatic rings. The van der Waals surface area contributed by atoms with Gasteiger partial charge in [-0.2, -0.15) is 0 Å². The molecule has 0 bridgehead atoms. The highest BCUT2D eigenvalue weighted by atomic mass is 127. The van der Waals surface area contributed by atoms with Gasteiger partial charge >= 0.3 is 0 Å². The first-order valence-electron chi connectivity index (χ1n) is 9.95. The Hall–Kier alpha value is -2.10. The van der Waals surface area contributed by atoms with Gasteiger partial charge in [-0.1, -0.05) is 13.3 Å². The monoisotopic (exact) mass is 511 g/mol. The maximum absolute atomic E-state index is 12.9. The Morgan fingerprint density at radius 3 is 2.62 bits per heavy atom. The first kappa shape index (κ1) is 21.6. The summed E-state index contributed by atoms with van der Waals surface area (Å²) in [5, 5.41) is 2.92. The number of primary amides is 1. The Balaban J connectivity index is 1.94. The highest BCUT2D eigenvalue weighted by Crippen LogP contribution is 2.39. The molecular formula is C21H26IN3O4. The van der Waals surface area contributed by atoms with E-state index in [4.69, 9.17) is 10.5 Å². The average Bonchev–Trinajstić information content (AvgIpc) is 2.69. The lowest BCUT2D eigenvalue weighted by Gasteiger charge is -2.34. The lowest BCUT2D eigenvalue weighted by atomic mass is 9.90. The molecule has 1 aliphatic carbocycles. The Morgan fingerprint density at radius 1 is 1.28 bits per heavy atom. The third-order valence-electron chi connectivity index (χ3n) is 5.36. The molecule has 0 spiro atoms. The molecule has 0 saturated heterocycles. The molecule has 1 aromatic carbocycles. The van der Waals surface area contributed by atoms with Gasteiger partial charge < -0.3 is 20.7 Å². The van der Waals surface area contributed by atoms with E-state index in [-0.39, 0.29) is 24.5 Å². The van der Waals surface area contributed by atoms with Crippen LogP contribution in [-0.2, 0) is 14.4 Å². The first-order chi connectivity index (χ1) is 13.8. The lowest BCUT2D eigenvalue weighted by Crippen LogP contribution is -2.44. The van der Waals surface area contributed by atoms with Gasteiger partial charge in [-0.25, -0.2) is 0 Å². The molecule has 3 N–H and O–H groups in total. The van der Waals surface area contributed by atoms with E-state index in [0.717, 1.165) is 29.3 Å². The molecular weight excluding hydrogens is 485 g/mol. The molecule has 0 aromatic heterocycles. The van der Waals surface area contributed by atoms with Crippen molar-refractivity contribution in [3.8, 4) is 5.75 Å². The van der Waals surface area contributed by atoms with Crippen molar-refractivity contribution in [1.29, 1.82) is 0 Å². The normalized spacial score (nSPS) is 17.5. The van der Waals surface area contributed by atoms with E-state index < -0.39 is 5.91 Å². The van der Waals surface area contributed by atoms with Crippen molar-refractivity contribution in [3.05, 3.63) is 26.8 Å². The van der Waals surface area contributed by atoms with Gasteiger partial charge in [-0.05, 0) is 73.8 Å². The standard InChI is InChI=1S/C21H26IN3O4/c1-3-6-12(2)25-17-10-16(15(22)9-18(17)29-11-19(25)26)24-21(28)14-8-5-4-7-13(14)20(23)27/h9-10,12H,3-8,11H2,1-2H3,(H2,23,27)(H,24,28). The topological polar surface area (TPSA) is 102 Å². The zero-order chi connectivity index (χ0) is 21.1. The van der Waals surface area contributed by atoms with Crippen LogP contribution < -0.4 is 20.7 Å². The van der Waals surface area contributed by atoms with E-state index in [1.807, 2.05) is 13.0 Å². The van der Waals surface area contributed by atoms with Crippen LogP contribution in [0.1, 0.15) is 52.4 Å². The average molecular weight is 511 g/mol. The van der Waals surface area contributed by atoms with Crippen molar-refractivity contribution in [1.82, 2.24) is 0 Å². The maximum Gasteiger partial charge on any atom is 0.265 e. The third-order valence-corrected chi connectivity index (χ3v) is 6.26. The molecule has 1 unspecified atom stereocenters. The third kappa shape index (κ3) is 4.57. The summed E-state index contributed by atoms with van der Waals surface area (Å²) in [6.45, 7) is 4.10. The number of anilines is 2. The predicted molar refractivity (Wildman–Crippen MR) is 120 cm³/mol. The largest absolute Gasteiger partial charge is 0.482 e. The molecule has 3 amide bonds. The number of nitrogens with one attached hydrogen (secondary N) is 1. The summed E-state index contributed by atoms with van der Waals surface area (Å²) in [5.41, 5.74) is 7.58. The number of ether oxygens (including phenoxy) is 1. The van der Waals surface area contributed by atoms with Crippen LogP contribution >= 0.6 is 22.6 Å². The van der Waals surface area contributed by atoms with Gasteiger partial charge in [0.1, 0.15) is 5.75 Å². The fraction of sp³-hybridized carbons (Fsp3) is 0.476. The van der Waals surface area contributed by atoms with Crippen molar-refractivity contribution < 1.29 is 19.1 Å². The maximum atomic E-state index is 12.9. The van der Waals surface area contributed by atoms with Crippen molar-refractivity contribution >= 4 is 51.7 Å². The van der Waals surface area contributed by atoms with Crippen molar-refractivity contribution in [2.75, 3.05) is 16.8 Å². The summed E-state index contributed by atoms with van der Waals surface area (Å²) in [6, 6.07) is 3.64. The fourth-order valence-corrected chi connectivity index (χ4v) is 4.52. The highest BCUT2D eigenvalue weighted by molar-refractivity contribution is 14.1. The molecule has 29 heavy (non-hydrogen) atoms. The minimum absolute atomic E-state index is 0.0116. The predicted octanol–water partition coefficient (Wildman–Crippen LogP) is 3.50. The molecule has 0 radical (unpaired) electrons. The number of amides is 3. The van der Waals surface area contributed by atoms with Crippen LogP contribution in [0.25, 0.3) is 0 Å². The number of halogens is 1.